The Morgan fingerprint density at radius 3 is 2.44 bits per heavy atom. The smallest absolute Gasteiger partial charge is 0.255 e. The molecule has 0 aliphatic carbocycles. The topological polar surface area (TPSA) is 44.0 Å². The van der Waals surface area contributed by atoms with Crippen molar-refractivity contribution >= 4 is 22.3 Å². The van der Waals surface area contributed by atoms with Gasteiger partial charge in [0, 0.05) is 24.0 Å². The van der Waals surface area contributed by atoms with Crippen LogP contribution in [0, 0.1) is 0 Å². The summed E-state index contributed by atoms with van der Waals surface area (Å²) in [6.45, 7) is 0. The maximum absolute atomic E-state index is 12.0. The highest BCUT2D eigenvalue weighted by atomic mass is 32.1. The maximum Gasteiger partial charge on any atom is 0.345 e. The van der Waals surface area contributed by atoms with Crippen molar-refractivity contribution in [3.63, 3.8) is 0 Å². The zero-order valence-corrected chi connectivity index (χ0v) is 10.5. The van der Waals surface area contributed by atoms with Gasteiger partial charge in [0.1, 0.15) is 0 Å². The second-order valence-electron chi connectivity index (χ2n) is 3.99. The first-order valence-corrected chi connectivity index (χ1v) is 6.23. The maximum atomic E-state index is 12.0. The number of aromatic nitrogens is 2. The predicted molar refractivity (Wildman–Crippen MR) is 72.7 cm³/mol. The Bertz CT molecular complexity index is 837. The first-order valence-electron chi connectivity index (χ1n) is 5.46. The fourth-order valence-corrected chi connectivity index (χ4v) is 2.75. The third kappa shape index (κ3) is 1.52. The summed E-state index contributed by atoms with van der Waals surface area (Å²) in [4.78, 5) is 23.2. The second kappa shape index (κ2) is 3.96. The van der Waals surface area contributed by atoms with Crippen LogP contribution in [0.1, 0.15) is 0 Å². The summed E-state index contributed by atoms with van der Waals surface area (Å²) in [6, 6.07) is 13.5. The number of nitrogens with zero attached hydrogens (tertiary/aromatic N) is 2. The van der Waals surface area contributed by atoms with Crippen LogP contribution in [0.3, 0.4) is 0 Å². The summed E-state index contributed by atoms with van der Waals surface area (Å²) >= 11 is 0.920. The van der Waals surface area contributed by atoms with Gasteiger partial charge in [0.05, 0.1) is 5.69 Å². The molecule has 2 aromatic carbocycles. The molecule has 90 valence electrons. The zero-order chi connectivity index (χ0) is 12.7. The van der Waals surface area contributed by atoms with E-state index >= 15 is 0 Å². The van der Waals surface area contributed by atoms with Gasteiger partial charge in [0.2, 0.25) is 0 Å². The molecular formula is C13H10N2O2S. The van der Waals surface area contributed by atoms with Gasteiger partial charge in [0.25, 0.3) is 0 Å². The molecule has 0 aliphatic rings. The van der Waals surface area contributed by atoms with Crippen molar-refractivity contribution in [3.05, 3.63) is 62.6 Å². The van der Waals surface area contributed by atoms with E-state index < -0.39 is 0 Å². The summed E-state index contributed by atoms with van der Waals surface area (Å²) in [5.41, 5.74) is 0.446. The molecule has 0 saturated carbocycles. The minimum absolute atomic E-state index is 0.257. The van der Waals surface area contributed by atoms with Crippen LogP contribution in [0.15, 0.2) is 52.1 Å². The SMILES string of the molecule is Cn1c(=O)sn(-c2cccc3ccccc23)c1=O. The molecule has 3 aromatic rings. The van der Waals surface area contributed by atoms with E-state index in [1.165, 1.54) is 11.0 Å². The lowest BCUT2D eigenvalue weighted by atomic mass is 10.1. The van der Waals surface area contributed by atoms with Crippen LogP contribution >= 0.6 is 11.5 Å². The average Bonchev–Trinajstić information content (AvgIpc) is 2.66. The van der Waals surface area contributed by atoms with Gasteiger partial charge < -0.3 is 0 Å². The number of hydrogen-bond acceptors (Lipinski definition) is 3. The zero-order valence-electron chi connectivity index (χ0n) is 9.66. The molecule has 0 saturated heterocycles. The van der Waals surface area contributed by atoms with E-state index in [9.17, 15) is 9.59 Å². The van der Waals surface area contributed by atoms with Crippen molar-refractivity contribution in [1.29, 1.82) is 0 Å². The van der Waals surface area contributed by atoms with Crippen molar-refractivity contribution in [2.75, 3.05) is 0 Å². The minimum atomic E-state index is -0.304. The van der Waals surface area contributed by atoms with Crippen molar-refractivity contribution in [2.45, 2.75) is 0 Å². The van der Waals surface area contributed by atoms with E-state index in [2.05, 4.69) is 0 Å². The standard InChI is InChI=1S/C13H10N2O2S/c1-14-12(16)15(18-13(14)17)11-8-4-6-9-5-2-3-7-10(9)11/h2-8H,1H3. The summed E-state index contributed by atoms with van der Waals surface area (Å²) in [7, 11) is 1.49. The molecule has 0 amide bonds. The minimum Gasteiger partial charge on any atom is -0.255 e. The molecule has 18 heavy (non-hydrogen) atoms. The predicted octanol–water partition coefficient (Wildman–Crippen LogP) is 1.75. The van der Waals surface area contributed by atoms with Gasteiger partial charge in [-0.25, -0.2) is 8.75 Å². The fourth-order valence-electron chi connectivity index (χ4n) is 1.93. The lowest BCUT2D eigenvalue weighted by Crippen LogP contribution is -2.25. The van der Waals surface area contributed by atoms with E-state index in [0.29, 0.717) is 0 Å². The molecule has 4 nitrogen and oxygen atoms in total. The average molecular weight is 258 g/mol. The lowest BCUT2D eigenvalue weighted by molar-refractivity contribution is 0.806. The number of fused-ring (bicyclic) bond motifs is 1. The number of rotatable bonds is 1. The van der Waals surface area contributed by atoms with Crippen LogP contribution in [0.5, 0.6) is 0 Å². The fraction of sp³-hybridized carbons (Fsp3) is 0.0769. The molecule has 3 rings (SSSR count). The van der Waals surface area contributed by atoms with Gasteiger partial charge in [-0.1, -0.05) is 36.4 Å². The molecule has 0 atom stereocenters. The van der Waals surface area contributed by atoms with Crippen LogP contribution in [-0.4, -0.2) is 8.52 Å². The normalized spacial score (nSPS) is 10.9. The van der Waals surface area contributed by atoms with E-state index in [0.717, 1.165) is 32.6 Å². The van der Waals surface area contributed by atoms with E-state index in [-0.39, 0.29) is 10.6 Å². The Morgan fingerprint density at radius 1 is 1.00 bits per heavy atom. The van der Waals surface area contributed by atoms with Crippen molar-refractivity contribution in [1.82, 2.24) is 8.52 Å². The van der Waals surface area contributed by atoms with E-state index in [1.54, 1.807) is 0 Å². The van der Waals surface area contributed by atoms with Gasteiger partial charge in [-0.15, -0.1) is 0 Å². The third-order valence-corrected chi connectivity index (χ3v) is 3.85. The number of benzene rings is 2. The Labute approximate surface area is 106 Å². The highest BCUT2D eigenvalue weighted by Crippen LogP contribution is 2.21. The first-order chi connectivity index (χ1) is 8.68. The Kier molecular flexibility index (Phi) is 2.41. The van der Waals surface area contributed by atoms with Crippen molar-refractivity contribution in [2.24, 2.45) is 7.05 Å². The molecule has 0 spiro atoms. The molecule has 5 heteroatoms. The third-order valence-electron chi connectivity index (χ3n) is 2.89. The van der Waals surface area contributed by atoms with Crippen LogP contribution in [0.2, 0.25) is 0 Å². The highest BCUT2D eigenvalue weighted by Gasteiger charge is 2.10. The summed E-state index contributed by atoms with van der Waals surface area (Å²) in [6.07, 6.45) is 0. The van der Waals surface area contributed by atoms with Crippen LogP contribution in [-0.2, 0) is 7.05 Å². The lowest BCUT2D eigenvalue weighted by Gasteiger charge is -2.04. The molecule has 0 unspecified atom stereocenters. The molecule has 1 heterocycles. The summed E-state index contributed by atoms with van der Waals surface area (Å²) in [5.74, 6) is 0. The number of hydrogen-bond donors (Lipinski definition) is 0. The van der Waals surface area contributed by atoms with Gasteiger partial charge >= 0.3 is 10.6 Å². The van der Waals surface area contributed by atoms with Gasteiger partial charge in [-0.3, -0.25) is 9.36 Å². The van der Waals surface area contributed by atoms with Gasteiger partial charge in [-0.2, -0.15) is 0 Å². The summed E-state index contributed by atoms with van der Waals surface area (Å²) < 4.78 is 2.55. The Balaban J connectivity index is 2.42. The van der Waals surface area contributed by atoms with Crippen LogP contribution in [0.25, 0.3) is 16.5 Å². The Morgan fingerprint density at radius 2 is 1.72 bits per heavy atom. The van der Waals surface area contributed by atoms with Crippen LogP contribution < -0.4 is 10.6 Å². The molecular weight excluding hydrogens is 248 g/mol. The monoisotopic (exact) mass is 258 g/mol. The molecule has 0 aliphatic heterocycles. The summed E-state index contributed by atoms with van der Waals surface area (Å²) in [5, 5.41) is 2.01. The quantitative estimate of drug-likeness (QED) is 0.667. The first kappa shape index (κ1) is 11.0. The largest absolute Gasteiger partial charge is 0.345 e. The molecule has 0 N–H and O–H groups in total. The van der Waals surface area contributed by atoms with Crippen molar-refractivity contribution in [3.8, 4) is 5.69 Å². The highest BCUT2D eigenvalue weighted by molar-refractivity contribution is 7.04. The van der Waals surface area contributed by atoms with Gasteiger partial charge in [-0.05, 0) is 11.5 Å². The Hall–Kier alpha value is -2.14. The molecule has 0 fully saturated rings. The van der Waals surface area contributed by atoms with E-state index in [4.69, 9.17) is 0 Å². The van der Waals surface area contributed by atoms with Crippen LogP contribution in [0.4, 0.5) is 0 Å². The van der Waals surface area contributed by atoms with E-state index in [1.807, 2.05) is 42.5 Å². The molecule has 1 aromatic heterocycles. The molecule has 0 bridgehead atoms. The van der Waals surface area contributed by atoms with Gasteiger partial charge in [0.15, 0.2) is 0 Å². The second-order valence-corrected chi connectivity index (χ2v) is 4.89. The van der Waals surface area contributed by atoms with Crippen molar-refractivity contribution < 1.29 is 0 Å². The molecule has 0 radical (unpaired) electrons.